The summed E-state index contributed by atoms with van der Waals surface area (Å²) in [6, 6.07) is 30.0. The van der Waals surface area contributed by atoms with Crippen molar-refractivity contribution in [3.8, 4) is 0 Å². The van der Waals surface area contributed by atoms with Crippen LogP contribution in [0.2, 0.25) is 0 Å². The van der Waals surface area contributed by atoms with E-state index in [1.54, 1.807) is 0 Å². The molecular formula is C21H20N2O. The minimum absolute atomic E-state index is 0.296. The van der Waals surface area contributed by atoms with Crippen molar-refractivity contribution in [2.24, 2.45) is 0 Å². The van der Waals surface area contributed by atoms with Gasteiger partial charge in [0.1, 0.15) is 18.8 Å². The maximum absolute atomic E-state index is 13.2. The number of hydrogen-bond donors (Lipinski definition) is 1. The first-order chi connectivity index (χ1) is 11.7. The first-order valence-electron chi connectivity index (χ1n) is 8.23. The quantitative estimate of drug-likeness (QED) is 0.567. The lowest BCUT2D eigenvalue weighted by atomic mass is 9.80. The monoisotopic (exact) mass is 316 g/mol. The van der Waals surface area contributed by atoms with E-state index in [1.165, 1.54) is 0 Å². The Morgan fingerprint density at radius 3 is 1.79 bits per heavy atom. The van der Waals surface area contributed by atoms with Crippen molar-refractivity contribution in [1.29, 1.82) is 0 Å². The van der Waals surface area contributed by atoms with Crippen molar-refractivity contribution < 1.29 is 0 Å². The highest BCUT2D eigenvalue weighted by atomic mass is 16.6. The molecule has 1 N–H and O–H groups in total. The normalized spacial score (nSPS) is 25.7. The first kappa shape index (κ1) is 14.9. The highest BCUT2D eigenvalue weighted by Crippen LogP contribution is 2.43. The fourth-order valence-electron chi connectivity index (χ4n) is 3.60. The summed E-state index contributed by atoms with van der Waals surface area (Å²) in [6.45, 7) is 0.964. The number of nitrogens with one attached hydrogen (secondary N) is 1. The summed E-state index contributed by atoms with van der Waals surface area (Å²) in [6.07, 6.45) is 0. The Kier molecular flexibility index (Phi) is 3.60. The molecule has 1 saturated heterocycles. The van der Waals surface area contributed by atoms with Crippen molar-refractivity contribution in [2.45, 2.75) is 5.54 Å². The van der Waals surface area contributed by atoms with Gasteiger partial charge in [-0.25, -0.2) is 0 Å². The molecule has 0 spiro atoms. The standard InChI is InChI=1S/C21H20N2O/c24-23(20-14-8-3-9-15-20)16-21(17-23,18-10-4-1-5-11-18)22-19-12-6-2-7-13-19/h1-15,22H,16-17H2. The van der Waals surface area contributed by atoms with E-state index in [0.717, 1.165) is 16.9 Å². The average Bonchev–Trinajstić information content (AvgIpc) is 2.62. The summed E-state index contributed by atoms with van der Waals surface area (Å²) in [5, 5.41) is 16.9. The Hall–Kier alpha value is -2.62. The summed E-state index contributed by atoms with van der Waals surface area (Å²) in [5.41, 5.74) is 2.69. The second-order valence-corrected chi connectivity index (χ2v) is 6.48. The van der Waals surface area contributed by atoms with Gasteiger partial charge < -0.3 is 15.2 Å². The van der Waals surface area contributed by atoms with Gasteiger partial charge in [0.15, 0.2) is 5.54 Å². The van der Waals surface area contributed by atoms with E-state index in [2.05, 4.69) is 17.4 Å². The zero-order valence-electron chi connectivity index (χ0n) is 13.4. The fourth-order valence-corrected chi connectivity index (χ4v) is 3.60. The predicted molar refractivity (Wildman–Crippen MR) is 99.5 cm³/mol. The maximum Gasteiger partial charge on any atom is 0.163 e. The fraction of sp³-hybridized carbons (Fsp3) is 0.143. The lowest BCUT2D eigenvalue weighted by molar-refractivity contribution is 0.144. The number of quaternary nitrogens is 1. The molecule has 0 amide bonds. The first-order valence-corrected chi connectivity index (χ1v) is 8.23. The van der Waals surface area contributed by atoms with Crippen molar-refractivity contribution in [3.63, 3.8) is 0 Å². The van der Waals surface area contributed by atoms with Gasteiger partial charge in [-0.15, -0.1) is 0 Å². The second kappa shape index (κ2) is 5.78. The summed E-state index contributed by atoms with van der Waals surface area (Å²) >= 11 is 0. The second-order valence-electron chi connectivity index (χ2n) is 6.48. The Balaban J connectivity index is 1.67. The molecule has 4 rings (SSSR count). The van der Waals surface area contributed by atoms with Crippen LogP contribution in [0.15, 0.2) is 91.0 Å². The van der Waals surface area contributed by atoms with Crippen LogP contribution in [0.4, 0.5) is 11.4 Å². The van der Waals surface area contributed by atoms with Crippen LogP contribution >= 0.6 is 0 Å². The zero-order valence-corrected chi connectivity index (χ0v) is 13.4. The number of hydrogen-bond acceptors (Lipinski definition) is 2. The molecule has 3 heteroatoms. The molecule has 1 fully saturated rings. The third-order valence-corrected chi connectivity index (χ3v) is 4.76. The van der Waals surface area contributed by atoms with E-state index >= 15 is 0 Å². The van der Waals surface area contributed by atoms with Crippen LogP contribution in [0.3, 0.4) is 0 Å². The van der Waals surface area contributed by atoms with E-state index in [1.807, 2.05) is 78.9 Å². The van der Waals surface area contributed by atoms with Gasteiger partial charge in [0.25, 0.3) is 0 Å². The lowest BCUT2D eigenvalue weighted by Crippen LogP contribution is -2.73. The molecule has 120 valence electrons. The molecule has 3 nitrogen and oxygen atoms in total. The van der Waals surface area contributed by atoms with Crippen molar-refractivity contribution >= 4 is 11.4 Å². The predicted octanol–water partition coefficient (Wildman–Crippen LogP) is 4.51. The van der Waals surface area contributed by atoms with Gasteiger partial charge in [-0.1, -0.05) is 66.7 Å². The van der Waals surface area contributed by atoms with E-state index in [9.17, 15) is 5.21 Å². The molecule has 0 atom stereocenters. The molecule has 1 heterocycles. The number of rotatable bonds is 4. The Labute approximate surface area is 142 Å². The third kappa shape index (κ3) is 2.58. The lowest BCUT2D eigenvalue weighted by Gasteiger charge is -2.60. The Morgan fingerprint density at radius 1 is 0.708 bits per heavy atom. The maximum atomic E-state index is 13.2. The van der Waals surface area contributed by atoms with Crippen LogP contribution in [-0.2, 0) is 5.54 Å². The van der Waals surface area contributed by atoms with E-state index in [4.69, 9.17) is 0 Å². The van der Waals surface area contributed by atoms with Crippen LogP contribution in [0.1, 0.15) is 5.56 Å². The Bertz CT molecular complexity index is 797. The largest absolute Gasteiger partial charge is 0.627 e. The van der Waals surface area contributed by atoms with Crippen molar-refractivity contribution in [3.05, 3.63) is 102 Å². The van der Waals surface area contributed by atoms with Crippen LogP contribution in [0.25, 0.3) is 0 Å². The zero-order chi connectivity index (χ0) is 16.5. The molecule has 3 aromatic carbocycles. The van der Waals surface area contributed by atoms with E-state index in [-0.39, 0.29) is 10.2 Å². The summed E-state index contributed by atoms with van der Waals surface area (Å²) in [5.74, 6) is 0. The van der Waals surface area contributed by atoms with Gasteiger partial charge >= 0.3 is 0 Å². The van der Waals surface area contributed by atoms with Crippen LogP contribution in [-0.4, -0.2) is 13.1 Å². The summed E-state index contributed by atoms with van der Waals surface area (Å²) in [7, 11) is 0. The smallest absolute Gasteiger partial charge is 0.163 e. The van der Waals surface area contributed by atoms with Gasteiger partial charge in [0, 0.05) is 5.69 Å². The van der Waals surface area contributed by atoms with Gasteiger partial charge in [-0.3, -0.25) is 0 Å². The minimum Gasteiger partial charge on any atom is -0.627 e. The van der Waals surface area contributed by atoms with Gasteiger partial charge in [-0.2, -0.15) is 0 Å². The number of hydroxylamine groups is 2. The van der Waals surface area contributed by atoms with Gasteiger partial charge in [0.2, 0.25) is 0 Å². The number of nitrogens with zero attached hydrogens (tertiary/aromatic N) is 1. The molecule has 0 saturated carbocycles. The molecule has 24 heavy (non-hydrogen) atoms. The third-order valence-electron chi connectivity index (χ3n) is 4.76. The van der Waals surface area contributed by atoms with Crippen LogP contribution in [0.5, 0.6) is 0 Å². The van der Waals surface area contributed by atoms with Crippen LogP contribution in [0, 0.1) is 5.21 Å². The highest BCUT2D eigenvalue weighted by molar-refractivity contribution is 5.56. The van der Waals surface area contributed by atoms with Gasteiger partial charge in [-0.05, 0) is 29.8 Å². The number of anilines is 1. The summed E-state index contributed by atoms with van der Waals surface area (Å²) < 4.78 is -0.296. The average molecular weight is 316 g/mol. The van der Waals surface area contributed by atoms with E-state index < -0.39 is 0 Å². The molecule has 0 bridgehead atoms. The number of para-hydroxylation sites is 2. The molecule has 1 aliphatic rings. The SMILES string of the molecule is [O-][N+]1(c2ccccc2)CC(Nc2ccccc2)(c2ccccc2)C1. The number of benzene rings is 3. The van der Waals surface area contributed by atoms with Crippen molar-refractivity contribution in [1.82, 2.24) is 4.65 Å². The van der Waals surface area contributed by atoms with E-state index in [0.29, 0.717) is 13.1 Å². The van der Waals surface area contributed by atoms with Gasteiger partial charge in [0.05, 0.1) is 0 Å². The molecular weight excluding hydrogens is 296 g/mol. The minimum atomic E-state index is -0.333. The molecule has 3 aromatic rings. The van der Waals surface area contributed by atoms with Crippen molar-refractivity contribution in [2.75, 3.05) is 18.4 Å². The highest BCUT2D eigenvalue weighted by Gasteiger charge is 2.54. The Morgan fingerprint density at radius 2 is 1.21 bits per heavy atom. The molecule has 1 aliphatic heterocycles. The molecule has 0 aromatic heterocycles. The molecule has 0 unspecified atom stereocenters. The topological polar surface area (TPSA) is 35.1 Å². The summed E-state index contributed by atoms with van der Waals surface area (Å²) in [4.78, 5) is 0. The molecule has 0 radical (unpaired) electrons. The molecule has 0 aliphatic carbocycles. The van der Waals surface area contributed by atoms with Crippen LogP contribution < -0.4 is 9.96 Å².